The van der Waals surface area contributed by atoms with Crippen molar-refractivity contribution in [3.05, 3.63) is 30.0 Å². The molecule has 23 heavy (non-hydrogen) atoms. The Morgan fingerprint density at radius 3 is 2.61 bits per heavy atom. The predicted octanol–water partition coefficient (Wildman–Crippen LogP) is 4.81. The maximum Gasteiger partial charge on any atom is 0.0458 e. The van der Waals surface area contributed by atoms with E-state index in [9.17, 15) is 0 Å². The second-order valence-corrected chi connectivity index (χ2v) is 5.98. The molecule has 1 aromatic carbocycles. The van der Waals surface area contributed by atoms with Gasteiger partial charge in [-0.05, 0) is 50.1 Å². The number of hydrogen-bond donors (Lipinski definition) is 1. The van der Waals surface area contributed by atoms with Gasteiger partial charge in [0.1, 0.15) is 0 Å². The molecule has 2 fully saturated rings. The van der Waals surface area contributed by atoms with Crippen molar-refractivity contribution in [1.82, 2.24) is 9.88 Å². The third kappa shape index (κ3) is 3.72. The van der Waals surface area contributed by atoms with Gasteiger partial charge in [0.15, 0.2) is 0 Å². The Hall–Kier alpha value is -1.48. The molecule has 0 spiro atoms. The summed E-state index contributed by atoms with van der Waals surface area (Å²) in [6.07, 6.45) is 4.86. The molecule has 0 amide bonds. The van der Waals surface area contributed by atoms with E-state index in [0.717, 1.165) is 6.04 Å². The molecule has 2 aliphatic heterocycles. The summed E-state index contributed by atoms with van der Waals surface area (Å²) >= 11 is 0. The second kappa shape index (κ2) is 8.39. The van der Waals surface area contributed by atoms with E-state index in [1.165, 1.54) is 61.2 Å². The summed E-state index contributed by atoms with van der Waals surface area (Å²) in [4.78, 5) is 8.56. The Balaban J connectivity index is 0.000000448. The molecule has 2 saturated heterocycles. The summed E-state index contributed by atoms with van der Waals surface area (Å²) in [5, 5.41) is 1.37. The van der Waals surface area contributed by atoms with Gasteiger partial charge in [-0.1, -0.05) is 27.7 Å². The van der Waals surface area contributed by atoms with Crippen LogP contribution in [-0.2, 0) is 0 Å². The molecule has 4 rings (SSSR count). The average Bonchev–Trinajstić information content (AvgIpc) is 3.24. The standard InChI is InChI=1S/C16H21N3.2C2H6/c1-12-10-17-16-5-4-13(9-15(12)16)19-8-7-18-6-2-3-14(18)11-19;2*1-2/h4-5,9-10,14,17H,2-3,6-8,11H2,1H3;2*1-2H3. The van der Waals surface area contributed by atoms with Crippen molar-refractivity contribution in [3.8, 4) is 0 Å². The van der Waals surface area contributed by atoms with Crippen molar-refractivity contribution in [2.24, 2.45) is 0 Å². The van der Waals surface area contributed by atoms with Crippen LogP contribution in [0.1, 0.15) is 46.1 Å². The van der Waals surface area contributed by atoms with Gasteiger partial charge in [0, 0.05) is 48.5 Å². The van der Waals surface area contributed by atoms with E-state index in [2.05, 4.69) is 46.1 Å². The van der Waals surface area contributed by atoms with E-state index in [4.69, 9.17) is 0 Å². The Labute approximate surface area is 141 Å². The fourth-order valence-electron chi connectivity index (χ4n) is 3.67. The number of nitrogens with one attached hydrogen (secondary N) is 1. The summed E-state index contributed by atoms with van der Waals surface area (Å²) < 4.78 is 0. The van der Waals surface area contributed by atoms with Gasteiger partial charge >= 0.3 is 0 Å². The van der Waals surface area contributed by atoms with E-state index in [1.807, 2.05) is 27.7 Å². The lowest BCUT2D eigenvalue weighted by atomic mass is 10.1. The van der Waals surface area contributed by atoms with Crippen LogP contribution >= 0.6 is 0 Å². The first kappa shape index (κ1) is 17.9. The summed E-state index contributed by atoms with van der Waals surface area (Å²) in [6, 6.07) is 7.63. The lowest BCUT2D eigenvalue weighted by Crippen LogP contribution is -2.50. The van der Waals surface area contributed by atoms with Gasteiger partial charge < -0.3 is 9.88 Å². The maximum absolute atomic E-state index is 3.33. The van der Waals surface area contributed by atoms with Crippen molar-refractivity contribution >= 4 is 16.6 Å². The largest absolute Gasteiger partial charge is 0.369 e. The van der Waals surface area contributed by atoms with Gasteiger partial charge in [-0.3, -0.25) is 4.90 Å². The Kier molecular flexibility index (Phi) is 6.52. The minimum Gasteiger partial charge on any atom is -0.369 e. The molecule has 3 heteroatoms. The van der Waals surface area contributed by atoms with E-state index in [0.29, 0.717) is 0 Å². The van der Waals surface area contributed by atoms with Gasteiger partial charge in [0.2, 0.25) is 0 Å². The minimum absolute atomic E-state index is 0.789. The topological polar surface area (TPSA) is 22.3 Å². The lowest BCUT2D eigenvalue weighted by Gasteiger charge is -2.38. The van der Waals surface area contributed by atoms with Crippen LogP contribution in [0.3, 0.4) is 0 Å². The first-order chi connectivity index (χ1) is 11.3. The minimum atomic E-state index is 0.789. The Bertz CT molecular complexity index is 602. The molecule has 1 atom stereocenters. The van der Waals surface area contributed by atoms with Crippen LogP contribution in [-0.4, -0.2) is 42.1 Å². The second-order valence-electron chi connectivity index (χ2n) is 5.98. The summed E-state index contributed by atoms with van der Waals surface area (Å²) in [5.74, 6) is 0. The normalized spacial score (nSPS) is 20.4. The zero-order valence-corrected chi connectivity index (χ0v) is 15.5. The van der Waals surface area contributed by atoms with E-state index in [1.54, 1.807) is 0 Å². The molecule has 0 bridgehead atoms. The number of piperazine rings is 1. The number of nitrogens with zero attached hydrogens (tertiary/aromatic N) is 2. The quantitative estimate of drug-likeness (QED) is 0.815. The number of anilines is 1. The van der Waals surface area contributed by atoms with Crippen LogP contribution in [0.25, 0.3) is 10.9 Å². The number of fused-ring (bicyclic) bond motifs is 2. The molecule has 0 saturated carbocycles. The highest BCUT2D eigenvalue weighted by molar-refractivity contribution is 5.86. The number of aryl methyl sites for hydroxylation is 1. The number of hydrogen-bond acceptors (Lipinski definition) is 2. The highest BCUT2D eigenvalue weighted by atomic mass is 15.3. The molecule has 128 valence electrons. The SMILES string of the molecule is CC.CC.Cc1c[nH]c2ccc(N3CCN4CCCC4C3)cc12. The van der Waals surface area contributed by atoms with Gasteiger partial charge in [-0.2, -0.15) is 0 Å². The molecule has 3 nitrogen and oxygen atoms in total. The van der Waals surface area contributed by atoms with E-state index < -0.39 is 0 Å². The average molecular weight is 316 g/mol. The molecular weight excluding hydrogens is 282 g/mol. The zero-order chi connectivity index (χ0) is 16.8. The van der Waals surface area contributed by atoms with Crippen molar-refractivity contribution in [2.75, 3.05) is 31.1 Å². The van der Waals surface area contributed by atoms with Crippen LogP contribution in [0.2, 0.25) is 0 Å². The van der Waals surface area contributed by atoms with Crippen LogP contribution in [0.4, 0.5) is 5.69 Å². The van der Waals surface area contributed by atoms with Crippen molar-refractivity contribution < 1.29 is 0 Å². The van der Waals surface area contributed by atoms with Gasteiger partial charge in [-0.25, -0.2) is 0 Å². The maximum atomic E-state index is 3.33. The number of H-pyrrole nitrogens is 1. The van der Waals surface area contributed by atoms with Gasteiger partial charge in [0.05, 0.1) is 0 Å². The Morgan fingerprint density at radius 2 is 1.83 bits per heavy atom. The third-order valence-electron chi connectivity index (χ3n) is 4.82. The van der Waals surface area contributed by atoms with E-state index in [-0.39, 0.29) is 0 Å². The molecule has 1 N–H and O–H groups in total. The Morgan fingerprint density at radius 1 is 1.04 bits per heavy atom. The van der Waals surface area contributed by atoms with Crippen LogP contribution < -0.4 is 4.90 Å². The number of aromatic nitrogens is 1. The molecule has 2 aliphatic rings. The molecule has 0 radical (unpaired) electrons. The molecule has 1 aromatic heterocycles. The van der Waals surface area contributed by atoms with Crippen molar-refractivity contribution in [3.63, 3.8) is 0 Å². The van der Waals surface area contributed by atoms with Gasteiger partial charge in [0.25, 0.3) is 0 Å². The first-order valence-corrected chi connectivity index (χ1v) is 9.38. The van der Waals surface area contributed by atoms with Crippen LogP contribution in [0.15, 0.2) is 24.4 Å². The monoisotopic (exact) mass is 315 g/mol. The molecule has 3 heterocycles. The van der Waals surface area contributed by atoms with Crippen LogP contribution in [0.5, 0.6) is 0 Å². The molecular formula is C20H33N3. The number of aromatic amines is 1. The predicted molar refractivity (Wildman–Crippen MR) is 103 cm³/mol. The van der Waals surface area contributed by atoms with Crippen molar-refractivity contribution in [1.29, 1.82) is 0 Å². The lowest BCUT2D eigenvalue weighted by molar-refractivity contribution is 0.231. The zero-order valence-electron chi connectivity index (χ0n) is 15.5. The van der Waals surface area contributed by atoms with Crippen LogP contribution in [0, 0.1) is 6.92 Å². The summed E-state index contributed by atoms with van der Waals surface area (Å²) in [5.41, 5.74) is 3.99. The highest BCUT2D eigenvalue weighted by Gasteiger charge is 2.30. The number of rotatable bonds is 1. The summed E-state index contributed by atoms with van der Waals surface area (Å²) in [6.45, 7) is 15.1. The summed E-state index contributed by atoms with van der Waals surface area (Å²) in [7, 11) is 0. The van der Waals surface area contributed by atoms with Gasteiger partial charge in [-0.15, -0.1) is 0 Å². The molecule has 1 unspecified atom stereocenters. The third-order valence-corrected chi connectivity index (χ3v) is 4.82. The number of benzene rings is 1. The molecule has 2 aromatic rings. The van der Waals surface area contributed by atoms with E-state index >= 15 is 0 Å². The smallest absolute Gasteiger partial charge is 0.0458 e. The molecule has 0 aliphatic carbocycles. The first-order valence-electron chi connectivity index (χ1n) is 9.38. The fraction of sp³-hybridized carbons (Fsp3) is 0.600. The van der Waals surface area contributed by atoms with Crippen molar-refractivity contribution in [2.45, 2.75) is 53.5 Å². The fourth-order valence-corrected chi connectivity index (χ4v) is 3.67. The highest BCUT2D eigenvalue weighted by Crippen LogP contribution is 2.28.